The Morgan fingerprint density at radius 2 is 2.31 bits per heavy atom. The molecule has 0 aliphatic carbocycles. The van der Waals surface area contributed by atoms with E-state index in [9.17, 15) is 0 Å². The first-order chi connectivity index (χ1) is 6.22. The lowest BCUT2D eigenvalue weighted by Gasteiger charge is -2.12. The molecule has 2 N–H and O–H groups in total. The maximum absolute atomic E-state index is 5.50. The zero-order valence-electron chi connectivity index (χ0n) is 8.03. The van der Waals surface area contributed by atoms with Crippen molar-refractivity contribution in [2.75, 3.05) is 6.54 Å². The lowest BCUT2D eigenvalue weighted by atomic mass is 10.3. The van der Waals surface area contributed by atoms with Crippen molar-refractivity contribution in [2.24, 2.45) is 5.73 Å². The van der Waals surface area contributed by atoms with E-state index in [0.29, 0.717) is 12.4 Å². The van der Waals surface area contributed by atoms with Gasteiger partial charge in [-0.3, -0.25) is 0 Å². The quantitative estimate of drug-likeness (QED) is 0.749. The SMILES string of the molecule is Cc1cc(OC(C)CCN)ncn1. The van der Waals surface area contributed by atoms with Gasteiger partial charge < -0.3 is 10.5 Å². The van der Waals surface area contributed by atoms with Gasteiger partial charge in [0.1, 0.15) is 6.33 Å². The Morgan fingerprint density at radius 1 is 1.54 bits per heavy atom. The first-order valence-corrected chi connectivity index (χ1v) is 4.37. The number of nitrogens with two attached hydrogens (primary N) is 1. The highest BCUT2D eigenvalue weighted by Crippen LogP contribution is 2.09. The molecule has 1 aromatic heterocycles. The van der Waals surface area contributed by atoms with Crippen LogP contribution in [0.4, 0.5) is 0 Å². The number of ether oxygens (including phenoxy) is 1. The standard InChI is InChI=1S/C9H15N3O/c1-7-5-9(12-6-11-7)13-8(2)3-4-10/h5-6,8H,3-4,10H2,1-2H3. The first kappa shape index (κ1) is 9.92. The molecule has 4 nitrogen and oxygen atoms in total. The number of hydrogen-bond donors (Lipinski definition) is 1. The minimum atomic E-state index is 0.110. The molecule has 4 heteroatoms. The van der Waals surface area contributed by atoms with Crippen LogP contribution < -0.4 is 10.5 Å². The van der Waals surface area contributed by atoms with Gasteiger partial charge in [-0.1, -0.05) is 0 Å². The maximum Gasteiger partial charge on any atom is 0.216 e. The van der Waals surface area contributed by atoms with Crippen molar-refractivity contribution in [1.29, 1.82) is 0 Å². The largest absolute Gasteiger partial charge is 0.475 e. The smallest absolute Gasteiger partial charge is 0.216 e. The molecule has 0 saturated heterocycles. The molecule has 0 aliphatic rings. The van der Waals surface area contributed by atoms with Crippen molar-refractivity contribution in [2.45, 2.75) is 26.4 Å². The lowest BCUT2D eigenvalue weighted by Crippen LogP contribution is -2.17. The van der Waals surface area contributed by atoms with Crippen LogP contribution in [-0.2, 0) is 0 Å². The minimum Gasteiger partial charge on any atom is -0.475 e. The fraction of sp³-hybridized carbons (Fsp3) is 0.556. The van der Waals surface area contributed by atoms with E-state index < -0.39 is 0 Å². The van der Waals surface area contributed by atoms with Crippen LogP contribution in [0.5, 0.6) is 5.88 Å². The van der Waals surface area contributed by atoms with Gasteiger partial charge in [0.2, 0.25) is 5.88 Å². The molecule has 1 unspecified atom stereocenters. The summed E-state index contributed by atoms with van der Waals surface area (Å²) in [6, 6.07) is 1.81. The number of nitrogens with zero attached hydrogens (tertiary/aromatic N) is 2. The predicted molar refractivity (Wildman–Crippen MR) is 50.5 cm³/mol. The van der Waals surface area contributed by atoms with E-state index in [1.807, 2.05) is 19.9 Å². The molecule has 0 spiro atoms. The van der Waals surface area contributed by atoms with Gasteiger partial charge in [-0.25, -0.2) is 9.97 Å². The van der Waals surface area contributed by atoms with E-state index in [2.05, 4.69) is 9.97 Å². The van der Waals surface area contributed by atoms with Crippen molar-refractivity contribution in [3.63, 3.8) is 0 Å². The summed E-state index contributed by atoms with van der Waals surface area (Å²) in [5, 5.41) is 0. The normalized spacial score (nSPS) is 12.5. The highest BCUT2D eigenvalue weighted by Gasteiger charge is 2.03. The Balaban J connectivity index is 2.53. The van der Waals surface area contributed by atoms with Gasteiger partial charge in [0.05, 0.1) is 6.10 Å². The second kappa shape index (κ2) is 4.77. The summed E-state index contributed by atoms with van der Waals surface area (Å²) in [5.41, 5.74) is 6.31. The molecular weight excluding hydrogens is 166 g/mol. The molecule has 0 saturated carbocycles. The van der Waals surface area contributed by atoms with Crippen molar-refractivity contribution in [3.8, 4) is 5.88 Å². The molecule has 0 fully saturated rings. The van der Waals surface area contributed by atoms with Crippen LogP contribution in [0.1, 0.15) is 19.0 Å². The zero-order chi connectivity index (χ0) is 9.68. The topological polar surface area (TPSA) is 61.0 Å². The van der Waals surface area contributed by atoms with Gasteiger partial charge in [0.15, 0.2) is 0 Å². The monoisotopic (exact) mass is 181 g/mol. The minimum absolute atomic E-state index is 0.110. The predicted octanol–water partition coefficient (Wildman–Crippen LogP) is 0.901. The van der Waals surface area contributed by atoms with E-state index in [4.69, 9.17) is 10.5 Å². The van der Waals surface area contributed by atoms with Crippen LogP contribution >= 0.6 is 0 Å². The fourth-order valence-corrected chi connectivity index (χ4v) is 0.994. The molecule has 0 aromatic carbocycles. The molecule has 1 rings (SSSR count). The zero-order valence-corrected chi connectivity index (χ0v) is 8.03. The third kappa shape index (κ3) is 3.38. The van der Waals surface area contributed by atoms with Crippen molar-refractivity contribution in [1.82, 2.24) is 9.97 Å². The fourth-order valence-electron chi connectivity index (χ4n) is 0.994. The Labute approximate surface area is 78.1 Å². The molecule has 1 atom stereocenters. The summed E-state index contributed by atoms with van der Waals surface area (Å²) in [6.07, 6.45) is 2.45. The van der Waals surface area contributed by atoms with Gasteiger partial charge in [0, 0.05) is 11.8 Å². The Bertz CT molecular complexity index is 265. The Hall–Kier alpha value is -1.16. The van der Waals surface area contributed by atoms with E-state index in [1.54, 1.807) is 0 Å². The van der Waals surface area contributed by atoms with E-state index in [0.717, 1.165) is 12.1 Å². The summed E-state index contributed by atoms with van der Waals surface area (Å²) in [4.78, 5) is 7.96. The molecule has 1 aromatic rings. The molecule has 0 aliphatic heterocycles. The molecule has 72 valence electrons. The van der Waals surface area contributed by atoms with Gasteiger partial charge in [-0.05, 0) is 26.8 Å². The average molecular weight is 181 g/mol. The second-order valence-electron chi connectivity index (χ2n) is 3.00. The van der Waals surface area contributed by atoms with Crippen LogP contribution in [0, 0.1) is 6.92 Å². The number of aryl methyl sites for hydroxylation is 1. The summed E-state index contributed by atoms with van der Waals surface area (Å²) in [5.74, 6) is 0.619. The summed E-state index contributed by atoms with van der Waals surface area (Å²) in [7, 11) is 0. The van der Waals surface area contributed by atoms with Crippen LogP contribution in [0.15, 0.2) is 12.4 Å². The second-order valence-corrected chi connectivity index (χ2v) is 3.00. The van der Waals surface area contributed by atoms with Crippen molar-refractivity contribution >= 4 is 0 Å². The summed E-state index contributed by atoms with van der Waals surface area (Å²) in [6.45, 7) is 4.51. The lowest BCUT2D eigenvalue weighted by molar-refractivity contribution is 0.204. The van der Waals surface area contributed by atoms with Gasteiger partial charge in [-0.2, -0.15) is 0 Å². The molecule has 13 heavy (non-hydrogen) atoms. The van der Waals surface area contributed by atoms with E-state index >= 15 is 0 Å². The van der Waals surface area contributed by atoms with E-state index in [-0.39, 0.29) is 6.10 Å². The van der Waals surface area contributed by atoms with Crippen molar-refractivity contribution < 1.29 is 4.74 Å². The van der Waals surface area contributed by atoms with Crippen molar-refractivity contribution in [3.05, 3.63) is 18.1 Å². The number of aromatic nitrogens is 2. The number of rotatable bonds is 4. The van der Waals surface area contributed by atoms with E-state index in [1.165, 1.54) is 6.33 Å². The third-order valence-corrected chi connectivity index (χ3v) is 1.67. The van der Waals surface area contributed by atoms with Crippen LogP contribution in [0.2, 0.25) is 0 Å². The third-order valence-electron chi connectivity index (χ3n) is 1.67. The maximum atomic E-state index is 5.50. The van der Waals surface area contributed by atoms with Crippen LogP contribution in [0.3, 0.4) is 0 Å². The molecule has 0 bridgehead atoms. The van der Waals surface area contributed by atoms with Crippen LogP contribution in [0.25, 0.3) is 0 Å². The van der Waals surface area contributed by atoms with Gasteiger partial charge in [0.25, 0.3) is 0 Å². The molecule has 0 radical (unpaired) electrons. The molecule has 1 heterocycles. The summed E-state index contributed by atoms with van der Waals surface area (Å²) >= 11 is 0. The summed E-state index contributed by atoms with van der Waals surface area (Å²) < 4.78 is 5.50. The van der Waals surface area contributed by atoms with Gasteiger partial charge >= 0.3 is 0 Å². The van der Waals surface area contributed by atoms with Gasteiger partial charge in [-0.15, -0.1) is 0 Å². The average Bonchev–Trinajstić information content (AvgIpc) is 2.04. The Morgan fingerprint density at radius 3 is 2.92 bits per heavy atom. The van der Waals surface area contributed by atoms with Crippen LogP contribution in [-0.4, -0.2) is 22.6 Å². The molecular formula is C9H15N3O. The first-order valence-electron chi connectivity index (χ1n) is 4.37. The molecule has 0 amide bonds. The highest BCUT2D eigenvalue weighted by molar-refractivity contribution is 5.12. The Kier molecular flexibility index (Phi) is 3.64. The number of hydrogen-bond acceptors (Lipinski definition) is 4. The highest BCUT2D eigenvalue weighted by atomic mass is 16.5.